The summed E-state index contributed by atoms with van der Waals surface area (Å²) in [5.41, 5.74) is 3.77. The average Bonchev–Trinajstić information content (AvgIpc) is 2.89. The molecule has 2 N–H and O–H groups in total. The molecule has 4 nitrogen and oxygen atoms in total. The van der Waals surface area contributed by atoms with Gasteiger partial charge in [-0.25, -0.2) is 4.39 Å². The number of benzene rings is 2. The molecule has 1 amide bonds. The van der Waals surface area contributed by atoms with E-state index in [4.69, 9.17) is 4.74 Å². The lowest BCUT2D eigenvalue weighted by Crippen LogP contribution is -2.24. The summed E-state index contributed by atoms with van der Waals surface area (Å²) in [6.45, 7) is 2.33. The fraction of sp³-hybridized carbons (Fsp3) is 0.211. The van der Waals surface area contributed by atoms with Gasteiger partial charge in [0.2, 0.25) is 5.91 Å². The average molecular weight is 326 g/mol. The van der Waals surface area contributed by atoms with Gasteiger partial charge in [0, 0.05) is 23.1 Å². The summed E-state index contributed by atoms with van der Waals surface area (Å²) in [5, 5.41) is 3.86. The Morgan fingerprint density at radius 3 is 2.67 bits per heavy atom. The molecule has 0 atom stereocenters. The van der Waals surface area contributed by atoms with Crippen LogP contribution in [0.4, 0.5) is 4.39 Å². The number of fused-ring (bicyclic) bond motifs is 1. The maximum absolute atomic E-state index is 12.9. The van der Waals surface area contributed by atoms with Gasteiger partial charge in [0.15, 0.2) is 0 Å². The van der Waals surface area contributed by atoms with Gasteiger partial charge in [0.1, 0.15) is 11.6 Å². The number of carbonyl (C=O) groups excluding carboxylic acids is 1. The number of H-pyrrole nitrogens is 1. The van der Waals surface area contributed by atoms with Crippen LogP contribution in [0.25, 0.3) is 10.9 Å². The first-order valence-corrected chi connectivity index (χ1v) is 7.73. The fourth-order valence-corrected chi connectivity index (χ4v) is 2.74. The van der Waals surface area contributed by atoms with Crippen molar-refractivity contribution in [3.05, 3.63) is 65.1 Å². The van der Waals surface area contributed by atoms with Crippen LogP contribution >= 0.6 is 0 Å². The predicted molar refractivity (Wildman–Crippen MR) is 91.5 cm³/mol. The number of hydrogen-bond donors (Lipinski definition) is 2. The zero-order chi connectivity index (χ0) is 17.1. The number of amides is 1. The zero-order valence-electron chi connectivity index (χ0n) is 13.7. The highest BCUT2D eigenvalue weighted by atomic mass is 19.1. The van der Waals surface area contributed by atoms with Gasteiger partial charge in [-0.05, 0) is 48.4 Å². The van der Waals surface area contributed by atoms with Gasteiger partial charge in [-0.2, -0.15) is 0 Å². The number of halogens is 1. The van der Waals surface area contributed by atoms with Crippen molar-refractivity contribution < 1.29 is 13.9 Å². The van der Waals surface area contributed by atoms with Crippen molar-refractivity contribution in [2.75, 3.05) is 7.11 Å². The summed E-state index contributed by atoms with van der Waals surface area (Å²) in [6, 6.07) is 11.9. The number of hydrogen-bond acceptors (Lipinski definition) is 2. The number of aryl methyl sites for hydroxylation is 1. The highest BCUT2D eigenvalue weighted by Gasteiger charge is 2.13. The Hall–Kier alpha value is -2.82. The van der Waals surface area contributed by atoms with E-state index in [1.807, 2.05) is 25.1 Å². The predicted octanol–water partition coefficient (Wildman–Crippen LogP) is 3.48. The molecular weight excluding hydrogens is 307 g/mol. The molecule has 2 aromatic carbocycles. The Kier molecular flexibility index (Phi) is 4.51. The van der Waals surface area contributed by atoms with Crippen LogP contribution in [0.2, 0.25) is 0 Å². The molecule has 0 aliphatic carbocycles. The Morgan fingerprint density at radius 2 is 1.96 bits per heavy atom. The zero-order valence-corrected chi connectivity index (χ0v) is 13.7. The Labute approximate surface area is 139 Å². The van der Waals surface area contributed by atoms with Crippen molar-refractivity contribution in [1.82, 2.24) is 10.3 Å². The minimum absolute atomic E-state index is 0.0776. The number of aromatic amines is 1. The van der Waals surface area contributed by atoms with Crippen molar-refractivity contribution in [3.63, 3.8) is 0 Å². The smallest absolute Gasteiger partial charge is 0.224 e. The quantitative estimate of drug-likeness (QED) is 0.754. The molecule has 0 aliphatic rings. The van der Waals surface area contributed by atoms with Gasteiger partial charge in [-0.1, -0.05) is 12.1 Å². The first-order valence-electron chi connectivity index (χ1n) is 7.73. The van der Waals surface area contributed by atoms with Crippen LogP contribution < -0.4 is 10.1 Å². The number of nitrogens with one attached hydrogen (secondary N) is 2. The molecule has 0 aliphatic heterocycles. The molecule has 1 aromatic heterocycles. The molecule has 1 heterocycles. The van der Waals surface area contributed by atoms with Crippen molar-refractivity contribution in [1.29, 1.82) is 0 Å². The third kappa shape index (κ3) is 3.40. The van der Waals surface area contributed by atoms with E-state index in [2.05, 4.69) is 10.3 Å². The minimum Gasteiger partial charge on any atom is -0.497 e. The van der Waals surface area contributed by atoms with Gasteiger partial charge in [-0.3, -0.25) is 4.79 Å². The molecule has 0 spiro atoms. The maximum Gasteiger partial charge on any atom is 0.224 e. The van der Waals surface area contributed by atoms with Crippen molar-refractivity contribution in [2.45, 2.75) is 19.9 Å². The molecule has 0 bridgehead atoms. The number of aromatic nitrogens is 1. The first kappa shape index (κ1) is 16.1. The summed E-state index contributed by atoms with van der Waals surface area (Å²) in [7, 11) is 1.62. The van der Waals surface area contributed by atoms with Crippen LogP contribution in [0.3, 0.4) is 0 Å². The molecule has 0 unspecified atom stereocenters. The molecule has 24 heavy (non-hydrogen) atoms. The molecule has 124 valence electrons. The minimum atomic E-state index is -0.284. The molecule has 3 aromatic rings. The van der Waals surface area contributed by atoms with E-state index >= 15 is 0 Å². The van der Waals surface area contributed by atoms with Crippen LogP contribution in [-0.4, -0.2) is 18.0 Å². The van der Waals surface area contributed by atoms with Crippen molar-refractivity contribution in [3.8, 4) is 5.75 Å². The second-order valence-corrected chi connectivity index (χ2v) is 5.72. The number of carbonyl (C=O) groups is 1. The van der Waals surface area contributed by atoms with Gasteiger partial charge in [0.25, 0.3) is 0 Å². The topological polar surface area (TPSA) is 54.1 Å². The molecule has 0 radical (unpaired) electrons. The van der Waals surface area contributed by atoms with E-state index in [1.54, 1.807) is 19.2 Å². The fourth-order valence-electron chi connectivity index (χ4n) is 2.74. The van der Waals surface area contributed by atoms with E-state index in [-0.39, 0.29) is 18.1 Å². The van der Waals surface area contributed by atoms with Gasteiger partial charge in [-0.15, -0.1) is 0 Å². The molecule has 0 saturated heterocycles. The van der Waals surface area contributed by atoms with Crippen LogP contribution in [0.5, 0.6) is 5.75 Å². The van der Waals surface area contributed by atoms with E-state index in [9.17, 15) is 9.18 Å². The van der Waals surface area contributed by atoms with Gasteiger partial charge >= 0.3 is 0 Å². The van der Waals surface area contributed by atoms with Crippen LogP contribution in [0, 0.1) is 12.7 Å². The SMILES string of the molecule is COc1ccc2[nH]c(C)c(CC(=O)NCc3ccc(F)cc3)c2c1. The van der Waals surface area contributed by atoms with Crippen LogP contribution in [0.1, 0.15) is 16.8 Å². The standard InChI is InChI=1S/C19H19FN2O2/c1-12-16(17-9-15(24-2)7-8-18(17)22-12)10-19(23)21-11-13-3-5-14(20)6-4-13/h3-9,22H,10-11H2,1-2H3,(H,21,23). The largest absolute Gasteiger partial charge is 0.497 e. The Balaban J connectivity index is 1.72. The summed E-state index contributed by atoms with van der Waals surface area (Å²) >= 11 is 0. The maximum atomic E-state index is 12.9. The summed E-state index contributed by atoms with van der Waals surface area (Å²) in [4.78, 5) is 15.6. The molecule has 3 rings (SSSR count). The third-order valence-corrected chi connectivity index (χ3v) is 4.07. The van der Waals surface area contributed by atoms with E-state index in [0.29, 0.717) is 6.54 Å². The number of methoxy groups -OCH3 is 1. The summed E-state index contributed by atoms with van der Waals surface area (Å²) in [5.74, 6) is 0.397. The monoisotopic (exact) mass is 326 g/mol. The van der Waals surface area contributed by atoms with Crippen LogP contribution in [-0.2, 0) is 17.8 Å². The van der Waals surface area contributed by atoms with Crippen molar-refractivity contribution in [2.24, 2.45) is 0 Å². The molecule has 5 heteroatoms. The highest BCUT2D eigenvalue weighted by Crippen LogP contribution is 2.26. The highest BCUT2D eigenvalue weighted by molar-refractivity contribution is 5.91. The van der Waals surface area contributed by atoms with Crippen LogP contribution in [0.15, 0.2) is 42.5 Å². The Morgan fingerprint density at radius 1 is 1.21 bits per heavy atom. The molecule has 0 fully saturated rings. The summed E-state index contributed by atoms with van der Waals surface area (Å²) in [6.07, 6.45) is 0.278. The number of ether oxygens (including phenoxy) is 1. The van der Waals surface area contributed by atoms with Crippen molar-refractivity contribution >= 4 is 16.8 Å². The first-order chi connectivity index (χ1) is 11.6. The summed E-state index contributed by atoms with van der Waals surface area (Å²) < 4.78 is 18.2. The normalized spacial score (nSPS) is 10.8. The molecular formula is C19H19FN2O2. The third-order valence-electron chi connectivity index (χ3n) is 4.07. The van der Waals surface area contributed by atoms with Gasteiger partial charge in [0.05, 0.1) is 13.5 Å². The lowest BCUT2D eigenvalue weighted by molar-refractivity contribution is -0.120. The number of rotatable bonds is 5. The van der Waals surface area contributed by atoms with E-state index in [0.717, 1.165) is 33.5 Å². The second kappa shape index (κ2) is 6.74. The van der Waals surface area contributed by atoms with E-state index in [1.165, 1.54) is 12.1 Å². The second-order valence-electron chi connectivity index (χ2n) is 5.72. The Bertz CT molecular complexity index is 869. The molecule has 0 saturated carbocycles. The van der Waals surface area contributed by atoms with E-state index < -0.39 is 0 Å². The lowest BCUT2D eigenvalue weighted by atomic mass is 10.1. The van der Waals surface area contributed by atoms with Gasteiger partial charge < -0.3 is 15.0 Å². The lowest BCUT2D eigenvalue weighted by Gasteiger charge is -2.06.